The molecule has 1 heterocycles. The number of ether oxygens (including phenoxy) is 1. The molecular weight excluding hydrogens is 355 g/mol. The molecule has 3 aromatic rings. The number of aromatic nitrogens is 1. The molecule has 0 amide bonds. The van der Waals surface area contributed by atoms with Gasteiger partial charge in [-0.25, -0.2) is 0 Å². The van der Waals surface area contributed by atoms with Gasteiger partial charge in [-0.05, 0) is 24.3 Å². The molecule has 0 saturated heterocycles. The number of aliphatic hydroxyl groups excluding tert-OH is 1. The van der Waals surface area contributed by atoms with Crippen LogP contribution in [0.5, 0.6) is 0 Å². The first-order chi connectivity index (χ1) is 11.1. The Morgan fingerprint density at radius 1 is 1.17 bits per heavy atom. The number of nitrogens with two attached hydrogens (primary N) is 1. The van der Waals surface area contributed by atoms with Crippen molar-refractivity contribution in [3.8, 4) is 0 Å². The highest BCUT2D eigenvalue weighted by molar-refractivity contribution is 9.10. The molecule has 2 radical (unpaired) electrons. The van der Waals surface area contributed by atoms with E-state index in [2.05, 4.69) is 26.6 Å². The highest BCUT2D eigenvalue weighted by Gasteiger charge is 2.14. The number of aliphatic hydroxyl groups is 1. The lowest BCUT2D eigenvalue weighted by Gasteiger charge is -2.14. The molecule has 1 aromatic heterocycles. The highest BCUT2D eigenvalue weighted by Crippen LogP contribution is 2.30. The molecule has 0 fully saturated rings. The van der Waals surface area contributed by atoms with Crippen LogP contribution in [0.4, 0.5) is 0 Å². The molecule has 1 unspecified atom stereocenters. The summed E-state index contributed by atoms with van der Waals surface area (Å²) in [6, 6.07) is 12.0. The van der Waals surface area contributed by atoms with Gasteiger partial charge >= 0.3 is 0 Å². The first-order valence-corrected chi connectivity index (χ1v) is 8.32. The molecule has 0 aliphatic rings. The van der Waals surface area contributed by atoms with Crippen LogP contribution in [0, 0.1) is 0 Å². The normalized spacial score (nSPS) is 13.0. The van der Waals surface area contributed by atoms with Crippen LogP contribution in [0.2, 0.25) is 0 Å². The first-order valence-electron chi connectivity index (χ1n) is 7.53. The summed E-state index contributed by atoms with van der Waals surface area (Å²) < 4.78 is 8.46. The van der Waals surface area contributed by atoms with E-state index in [1.165, 1.54) is 0 Å². The van der Waals surface area contributed by atoms with E-state index in [0.717, 1.165) is 31.7 Å². The molecule has 0 aliphatic carbocycles. The molecule has 0 spiro atoms. The van der Waals surface area contributed by atoms with E-state index in [-0.39, 0.29) is 6.61 Å². The molecule has 6 heteroatoms. The van der Waals surface area contributed by atoms with E-state index in [4.69, 9.17) is 18.3 Å². The summed E-state index contributed by atoms with van der Waals surface area (Å²) in [7, 11) is 5.94. The number of hydrogen-bond acceptors (Lipinski definition) is 3. The summed E-state index contributed by atoms with van der Waals surface area (Å²) in [4.78, 5) is 0. The third kappa shape index (κ3) is 3.45. The van der Waals surface area contributed by atoms with Gasteiger partial charge in [-0.15, -0.1) is 0 Å². The Bertz CT molecular complexity index is 775. The van der Waals surface area contributed by atoms with Crippen LogP contribution in [-0.2, 0) is 11.3 Å². The summed E-state index contributed by atoms with van der Waals surface area (Å²) in [5.41, 5.74) is 8.23. The molecule has 0 bridgehead atoms. The number of rotatable bonds is 6. The van der Waals surface area contributed by atoms with E-state index < -0.39 is 6.10 Å². The zero-order valence-corrected chi connectivity index (χ0v) is 14.3. The number of halogens is 1. The Morgan fingerprint density at radius 2 is 1.87 bits per heavy atom. The van der Waals surface area contributed by atoms with E-state index in [0.29, 0.717) is 19.7 Å². The van der Waals surface area contributed by atoms with Crippen LogP contribution in [-0.4, -0.2) is 43.4 Å². The number of benzene rings is 2. The molecule has 4 nitrogen and oxygen atoms in total. The molecule has 2 aromatic carbocycles. The van der Waals surface area contributed by atoms with Crippen molar-refractivity contribution in [2.45, 2.75) is 12.6 Å². The van der Waals surface area contributed by atoms with Crippen LogP contribution in [0.1, 0.15) is 0 Å². The maximum atomic E-state index is 10.3. The first kappa shape index (κ1) is 16.5. The van der Waals surface area contributed by atoms with Crippen molar-refractivity contribution in [2.75, 3.05) is 19.8 Å². The maximum Gasteiger partial charge on any atom is 0.113 e. The SMILES string of the molecule is [B]c1ccc2c(c1)c1cc(Br)ccc1n2CC(O)COCCN. The van der Waals surface area contributed by atoms with Gasteiger partial charge in [-0.1, -0.05) is 33.5 Å². The summed E-state index contributed by atoms with van der Waals surface area (Å²) in [6.45, 7) is 1.63. The van der Waals surface area contributed by atoms with Crippen molar-refractivity contribution >= 4 is 51.0 Å². The Balaban J connectivity index is 2.03. The highest BCUT2D eigenvalue weighted by atomic mass is 79.9. The summed E-state index contributed by atoms with van der Waals surface area (Å²) in [5, 5.41) is 12.4. The third-order valence-electron chi connectivity index (χ3n) is 3.82. The Morgan fingerprint density at radius 3 is 2.61 bits per heavy atom. The maximum absolute atomic E-state index is 10.3. The quantitative estimate of drug-likeness (QED) is 0.511. The topological polar surface area (TPSA) is 60.4 Å². The van der Waals surface area contributed by atoms with Crippen molar-refractivity contribution in [2.24, 2.45) is 5.73 Å². The fourth-order valence-corrected chi connectivity index (χ4v) is 3.22. The van der Waals surface area contributed by atoms with Gasteiger partial charge in [0.15, 0.2) is 0 Å². The van der Waals surface area contributed by atoms with E-state index in [9.17, 15) is 5.11 Å². The second kappa shape index (κ2) is 7.05. The van der Waals surface area contributed by atoms with Crippen molar-refractivity contribution < 1.29 is 9.84 Å². The fraction of sp³-hybridized carbons (Fsp3) is 0.294. The third-order valence-corrected chi connectivity index (χ3v) is 4.31. The number of hydrogen-bond donors (Lipinski definition) is 2. The largest absolute Gasteiger partial charge is 0.389 e. The number of nitrogens with zero attached hydrogens (tertiary/aromatic N) is 1. The van der Waals surface area contributed by atoms with Crippen molar-refractivity contribution in [3.05, 3.63) is 40.9 Å². The van der Waals surface area contributed by atoms with Crippen molar-refractivity contribution in [1.82, 2.24) is 4.57 Å². The van der Waals surface area contributed by atoms with E-state index >= 15 is 0 Å². The molecular formula is C17H18BBrN2O2. The smallest absolute Gasteiger partial charge is 0.113 e. The zero-order valence-electron chi connectivity index (χ0n) is 12.7. The van der Waals surface area contributed by atoms with Crippen LogP contribution >= 0.6 is 15.9 Å². The van der Waals surface area contributed by atoms with Crippen LogP contribution in [0.25, 0.3) is 21.8 Å². The minimum Gasteiger partial charge on any atom is -0.389 e. The molecule has 3 N–H and O–H groups in total. The average Bonchev–Trinajstić information content (AvgIpc) is 2.80. The van der Waals surface area contributed by atoms with Crippen LogP contribution < -0.4 is 11.2 Å². The molecule has 0 saturated carbocycles. The van der Waals surface area contributed by atoms with Crippen molar-refractivity contribution in [3.63, 3.8) is 0 Å². The minimum absolute atomic E-state index is 0.268. The van der Waals surface area contributed by atoms with Gasteiger partial charge in [0.2, 0.25) is 0 Å². The molecule has 23 heavy (non-hydrogen) atoms. The second-order valence-corrected chi connectivity index (χ2v) is 6.48. The lowest BCUT2D eigenvalue weighted by molar-refractivity contribution is 0.0325. The lowest BCUT2D eigenvalue weighted by atomic mass is 9.94. The number of fused-ring (bicyclic) bond motifs is 3. The predicted octanol–water partition coefficient (Wildman–Crippen LogP) is 1.69. The van der Waals surface area contributed by atoms with Gasteiger partial charge in [0.05, 0.1) is 25.9 Å². The van der Waals surface area contributed by atoms with Gasteiger partial charge in [-0.2, -0.15) is 0 Å². The van der Waals surface area contributed by atoms with Gasteiger partial charge in [0, 0.05) is 32.8 Å². The summed E-state index contributed by atoms with van der Waals surface area (Å²) in [5.74, 6) is 0. The van der Waals surface area contributed by atoms with E-state index in [1.807, 2.05) is 30.3 Å². The van der Waals surface area contributed by atoms with Gasteiger partial charge in [-0.3, -0.25) is 0 Å². The van der Waals surface area contributed by atoms with Crippen molar-refractivity contribution in [1.29, 1.82) is 0 Å². The monoisotopic (exact) mass is 372 g/mol. The lowest BCUT2D eigenvalue weighted by Crippen LogP contribution is -2.23. The van der Waals surface area contributed by atoms with Gasteiger partial charge in [0.25, 0.3) is 0 Å². The predicted molar refractivity (Wildman–Crippen MR) is 98.4 cm³/mol. The molecule has 0 aliphatic heterocycles. The standard InChI is InChI=1S/C17H18BBrN2O2/c18-11-1-3-16-14(7-11)15-8-12(19)2-4-17(15)21(16)9-13(22)10-23-6-5-20/h1-4,7-8,13,22H,5-6,9-10,20H2. The molecule has 3 rings (SSSR count). The van der Waals surface area contributed by atoms with Crippen LogP contribution in [0.15, 0.2) is 40.9 Å². The van der Waals surface area contributed by atoms with E-state index in [1.54, 1.807) is 0 Å². The minimum atomic E-state index is -0.596. The van der Waals surface area contributed by atoms with Crippen LogP contribution in [0.3, 0.4) is 0 Å². The molecule has 1 atom stereocenters. The van der Waals surface area contributed by atoms with Gasteiger partial charge < -0.3 is 20.1 Å². The summed E-state index contributed by atoms with van der Waals surface area (Å²) in [6.07, 6.45) is -0.596. The van der Waals surface area contributed by atoms with Gasteiger partial charge in [0.1, 0.15) is 7.85 Å². The molecule has 118 valence electrons. The fourth-order valence-electron chi connectivity index (χ4n) is 2.86. The Kier molecular flexibility index (Phi) is 5.06. The zero-order chi connectivity index (χ0) is 16.4. The average molecular weight is 373 g/mol. The second-order valence-electron chi connectivity index (χ2n) is 5.57. The summed E-state index contributed by atoms with van der Waals surface area (Å²) >= 11 is 3.52. The Labute approximate surface area is 144 Å². The Hall–Kier alpha value is -1.34.